The molecule has 0 atom stereocenters. The van der Waals surface area contributed by atoms with Gasteiger partial charge in [-0.25, -0.2) is 8.42 Å². The van der Waals surface area contributed by atoms with Gasteiger partial charge in [0.1, 0.15) is 18.2 Å². The summed E-state index contributed by atoms with van der Waals surface area (Å²) < 4.78 is 33.5. The monoisotopic (exact) mass is 481 g/mol. The predicted octanol–water partition coefficient (Wildman–Crippen LogP) is 2.42. The second-order valence-electron chi connectivity index (χ2n) is 9.71. The van der Waals surface area contributed by atoms with Gasteiger partial charge in [0.2, 0.25) is 0 Å². The van der Waals surface area contributed by atoms with E-state index in [2.05, 4.69) is 14.7 Å². The number of benzene rings is 1. The van der Waals surface area contributed by atoms with Gasteiger partial charge in [0.25, 0.3) is 15.9 Å². The lowest BCUT2D eigenvalue weighted by Crippen LogP contribution is -2.48. The summed E-state index contributed by atoms with van der Waals surface area (Å²) in [5.41, 5.74) is 10.3. The highest BCUT2D eigenvalue weighted by molar-refractivity contribution is 7.89. The van der Waals surface area contributed by atoms with E-state index in [9.17, 15) is 13.2 Å². The average molecular weight is 482 g/mol. The molecule has 5 rings (SSSR count). The molecular formula is C24H27N5O4S. The van der Waals surface area contributed by atoms with Crippen molar-refractivity contribution in [1.29, 1.82) is 0 Å². The summed E-state index contributed by atoms with van der Waals surface area (Å²) in [6.07, 6.45) is 2.20. The maximum atomic E-state index is 13.4. The Bertz CT molecular complexity index is 1370. The molecule has 1 aromatic heterocycles. The third-order valence-electron chi connectivity index (χ3n) is 6.17. The molecule has 1 fully saturated rings. The Kier molecular flexibility index (Phi) is 5.23. The first-order valence-electron chi connectivity index (χ1n) is 11.2. The van der Waals surface area contributed by atoms with Gasteiger partial charge in [-0.05, 0) is 51.3 Å². The summed E-state index contributed by atoms with van der Waals surface area (Å²) in [4.78, 5) is 22.6. The van der Waals surface area contributed by atoms with E-state index in [1.165, 1.54) is 0 Å². The number of hydrogen-bond acceptors (Lipinski definition) is 7. The molecule has 1 aromatic carbocycles. The van der Waals surface area contributed by atoms with Gasteiger partial charge in [0, 0.05) is 22.9 Å². The lowest BCUT2D eigenvalue weighted by Gasteiger charge is -2.28. The van der Waals surface area contributed by atoms with Crippen LogP contribution in [0.15, 0.2) is 33.7 Å². The van der Waals surface area contributed by atoms with Gasteiger partial charge in [-0.15, -0.1) is 4.40 Å². The summed E-state index contributed by atoms with van der Waals surface area (Å²) in [5.74, 6) is 0.341. The predicted molar refractivity (Wildman–Crippen MR) is 129 cm³/mol. The van der Waals surface area contributed by atoms with Gasteiger partial charge in [-0.1, -0.05) is 12.1 Å². The maximum Gasteiger partial charge on any atom is 0.259 e. The average Bonchev–Trinajstić information content (AvgIpc) is 3.53. The van der Waals surface area contributed by atoms with Crippen LogP contribution < -0.4 is 15.8 Å². The van der Waals surface area contributed by atoms with Crippen LogP contribution in [0.2, 0.25) is 0 Å². The Morgan fingerprint density at radius 1 is 1.26 bits per heavy atom. The van der Waals surface area contributed by atoms with E-state index in [0.29, 0.717) is 34.9 Å². The Morgan fingerprint density at radius 3 is 2.76 bits per heavy atom. The summed E-state index contributed by atoms with van der Waals surface area (Å²) >= 11 is 0. The molecule has 9 nitrogen and oxygen atoms in total. The number of amidine groups is 1. The molecule has 3 aliphatic rings. The number of fused-ring (bicyclic) bond motifs is 2. The minimum atomic E-state index is -3.63. The highest BCUT2D eigenvalue weighted by Gasteiger charge is 2.32. The van der Waals surface area contributed by atoms with Crippen LogP contribution in [0.4, 0.5) is 0 Å². The van der Waals surface area contributed by atoms with E-state index in [4.69, 9.17) is 15.5 Å². The molecule has 1 saturated carbocycles. The number of hydrogen-bond donors (Lipinski definition) is 2. The number of nitrogens with one attached hydrogen (secondary N) is 1. The highest BCUT2D eigenvalue weighted by Crippen LogP contribution is 2.40. The van der Waals surface area contributed by atoms with Crippen LogP contribution >= 0.6 is 0 Å². The van der Waals surface area contributed by atoms with Crippen LogP contribution in [0.3, 0.4) is 0 Å². The lowest BCUT2D eigenvalue weighted by atomic mass is 9.99. The minimum absolute atomic E-state index is 0.0894. The van der Waals surface area contributed by atoms with Crippen LogP contribution in [-0.2, 0) is 22.3 Å². The Balaban J connectivity index is 1.35. The van der Waals surface area contributed by atoms with Crippen molar-refractivity contribution in [2.24, 2.45) is 15.1 Å². The number of aromatic nitrogens is 1. The first-order valence-corrected chi connectivity index (χ1v) is 12.8. The van der Waals surface area contributed by atoms with Crippen LogP contribution in [-0.4, -0.2) is 43.0 Å². The second-order valence-corrected chi connectivity index (χ2v) is 11.3. The smallest absolute Gasteiger partial charge is 0.259 e. The molecule has 0 spiro atoms. The van der Waals surface area contributed by atoms with Gasteiger partial charge in [0.15, 0.2) is 0 Å². The molecule has 178 valence electrons. The summed E-state index contributed by atoms with van der Waals surface area (Å²) in [7, 11) is -3.63. The first-order chi connectivity index (χ1) is 16.0. The van der Waals surface area contributed by atoms with Gasteiger partial charge in [-0.2, -0.15) is 0 Å². The summed E-state index contributed by atoms with van der Waals surface area (Å²) in [6.45, 7) is 6.29. The zero-order valence-electron chi connectivity index (χ0n) is 19.4. The van der Waals surface area contributed by atoms with Gasteiger partial charge >= 0.3 is 0 Å². The lowest BCUT2D eigenvalue weighted by molar-refractivity contribution is 0.0880. The molecule has 0 saturated heterocycles. The fourth-order valence-corrected chi connectivity index (χ4v) is 5.47. The van der Waals surface area contributed by atoms with Gasteiger partial charge in [0.05, 0.1) is 34.7 Å². The van der Waals surface area contributed by atoms with E-state index >= 15 is 0 Å². The Morgan fingerprint density at radius 2 is 2.03 bits per heavy atom. The van der Waals surface area contributed by atoms with Crippen molar-refractivity contribution < 1.29 is 17.9 Å². The quantitative estimate of drug-likeness (QED) is 0.650. The molecule has 3 heterocycles. The van der Waals surface area contributed by atoms with E-state index in [0.717, 1.165) is 35.5 Å². The summed E-state index contributed by atoms with van der Waals surface area (Å²) in [5, 5.41) is 3.08. The fraction of sp³-hybridized carbons (Fsp3) is 0.417. The third-order valence-corrected chi connectivity index (χ3v) is 7.32. The van der Waals surface area contributed by atoms with Crippen molar-refractivity contribution in [3.05, 3.63) is 57.9 Å². The van der Waals surface area contributed by atoms with E-state index in [1.54, 1.807) is 18.2 Å². The second kappa shape index (κ2) is 7.90. The van der Waals surface area contributed by atoms with Crippen molar-refractivity contribution in [3.8, 4) is 5.75 Å². The molecule has 1 amide bonds. The van der Waals surface area contributed by atoms with Crippen molar-refractivity contribution in [1.82, 2.24) is 10.3 Å². The molecule has 2 aromatic rings. The SMILES string of the molecule is CC1=NCc2nc(C3CC3)cc(C(=O)NC(C)(C)COc3cccc4c3C(N)=NS(=O)(=O)C4)c21. The van der Waals surface area contributed by atoms with Gasteiger partial charge in [-0.3, -0.25) is 14.8 Å². The third kappa shape index (κ3) is 4.29. The number of aliphatic imine (C=N–C) groups is 1. The molecule has 1 aliphatic carbocycles. The molecule has 2 aliphatic heterocycles. The highest BCUT2D eigenvalue weighted by atomic mass is 32.2. The minimum Gasteiger partial charge on any atom is -0.490 e. The molecule has 0 radical (unpaired) electrons. The van der Waals surface area contributed by atoms with Crippen molar-refractivity contribution in [3.63, 3.8) is 0 Å². The number of nitrogens with two attached hydrogens (primary N) is 1. The van der Waals surface area contributed by atoms with Crippen molar-refractivity contribution in [2.45, 2.75) is 57.4 Å². The molecule has 3 N–H and O–H groups in total. The van der Waals surface area contributed by atoms with Crippen LogP contribution in [0, 0.1) is 0 Å². The number of nitrogens with zero attached hydrogens (tertiary/aromatic N) is 3. The molecule has 34 heavy (non-hydrogen) atoms. The topological polar surface area (TPSA) is 136 Å². The maximum absolute atomic E-state index is 13.4. The zero-order chi connectivity index (χ0) is 24.3. The standard InChI is InChI=1S/C24H27N5O4S/c1-13-20-16(9-17(14-7-8-14)27-18(20)10-26-13)23(30)28-24(2,3)12-33-19-6-4-5-15-11-34(31,32)29-22(25)21(15)19/h4-6,9,14H,7-8,10-12H2,1-3H3,(H2,25,29)(H,28,30). The van der Waals surface area contributed by atoms with Crippen LogP contribution in [0.25, 0.3) is 0 Å². The first kappa shape index (κ1) is 22.5. The molecule has 0 bridgehead atoms. The fourth-order valence-electron chi connectivity index (χ4n) is 4.38. The number of pyridine rings is 1. The Hall–Kier alpha value is -3.27. The largest absolute Gasteiger partial charge is 0.490 e. The number of amides is 1. The number of ether oxygens (including phenoxy) is 1. The number of carbonyl (C=O) groups is 1. The van der Waals surface area contributed by atoms with Gasteiger partial charge < -0.3 is 15.8 Å². The van der Waals surface area contributed by atoms with Crippen LogP contribution in [0.5, 0.6) is 5.75 Å². The van der Waals surface area contributed by atoms with Crippen molar-refractivity contribution in [2.75, 3.05) is 6.61 Å². The molecule has 0 unspecified atom stereocenters. The van der Waals surface area contributed by atoms with E-state index in [1.807, 2.05) is 26.8 Å². The number of carbonyl (C=O) groups excluding carboxylic acids is 1. The zero-order valence-corrected chi connectivity index (χ0v) is 20.2. The van der Waals surface area contributed by atoms with E-state index in [-0.39, 0.29) is 24.1 Å². The van der Waals surface area contributed by atoms with Crippen molar-refractivity contribution >= 4 is 27.5 Å². The number of sulfonamides is 1. The normalized spacial score (nSPS) is 18.4. The van der Waals surface area contributed by atoms with Crippen LogP contribution in [0.1, 0.15) is 78.0 Å². The summed E-state index contributed by atoms with van der Waals surface area (Å²) in [6, 6.07) is 7.03. The Labute approximate surface area is 198 Å². The molecular weight excluding hydrogens is 454 g/mol. The molecule has 10 heteroatoms. The number of rotatable bonds is 6. The van der Waals surface area contributed by atoms with E-state index < -0.39 is 15.6 Å².